The van der Waals surface area contributed by atoms with Gasteiger partial charge in [0.15, 0.2) is 0 Å². The van der Waals surface area contributed by atoms with Crippen molar-refractivity contribution >= 4 is 0 Å². The van der Waals surface area contributed by atoms with Crippen LogP contribution in [-0.2, 0) is 6.42 Å². The third kappa shape index (κ3) is 2.30. The van der Waals surface area contributed by atoms with Gasteiger partial charge in [0.1, 0.15) is 0 Å². The van der Waals surface area contributed by atoms with E-state index in [1.54, 1.807) is 0 Å². The molecular weight excluding hydrogens is 196 g/mol. The second kappa shape index (κ2) is 3.89. The molecule has 1 aromatic rings. The Balaban J connectivity index is 2.15. The first-order valence-corrected chi connectivity index (χ1v) is 6.18. The highest BCUT2D eigenvalue weighted by molar-refractivity contribution is 5.18. The molecule has 1 aliphatic carbocycles. The Hall–Kier alpha value is -0.820. The fraction of sp³-hybridized carbons (Fsp3) is 0.600. The van der Waals surface area contributed by atoms with Crippen LogP contribution in [0.5, 0.6) is 0 Å². The largest absolute Gasteiger partial charge is 0.389 e. The average Bonchev–Trinajstić information content (AvgIpc) is 2.36. The fourth-order valence-electron chi connectivity index (χ4n) is 3.28. The maximum atomic E-state index is 10.7. The van der Waals surface area contributed by atoms with Crippen molar-refractivity contribution < 1.29 is 5.11 Å². The molecule has 0 spiro atoms. The molecule has 1 saturated carbocycles. The summed E-state index contributed by atoms with van der Waals surface area (Å²) in [4.78, 5) is 0. The van der Waals surface area contributed by atoms with E-state index in [9.17, 15) is 5.11 Å². The summed E-state index contributed by atoms with van der Waals surface area (Å²) < 4.78 is 0. The van der Waals surface area contributed by atoms with Crippen LogP contribution in [0.4, 0.5) is 0 Å². The lowest BCUT2D eigenvalue weighted by atomic mass is 9.84. The Morgan fingerprint density at radius 1 is 1.25 bits per heavy atom. The van der Waals surface area contributed by atoms with Gasteiger partial charge >= 0.3 is 0 Å². The summed E-state index contributed by atoms with van der Waals surface area (Å²) in [5.74, 6) is 0.391. The summed E-state index contributed by atoms with van der Waals surface area (Å²) in [5, 5.41) is 10.7. The van der Waals surface area contributed by atoms with Gasteiger partial charge < -0.3 is 5.11 Å². The minimum atomic E-state index is -0.509. The topological polar surface area (TPSA) is 20.2 Å². The molecule has 0 saturated heterocycles. The smallest absolute Gasteiger partial charge is 0.0718 e. The molecule has 0 aliphatic heterocycles. The molecular formula is C15H22O. The molecule has 0 amide bonds. The summed E-state index contributed by atoms with van der Waals surface area (Å²) >= 11 is 0. The Bertz CT molecular complexity index is 355. The van der Waals surface area contributed by atoms with E-state index in [2.05, 4.69) is 32.9 Å². The van der Waals surface area contributed by atoms with Crippen molar-refractivity contribution in [3.05, 3.63) is 35.9 Å². The third-order valence-electron chi connectivity index (χ3n) is 3.91. The van der Waals surface area contributed by atoms with Crippen LogP contribution < -0.4 is 0 Å². The average molecular weight is 218 g/mol. The second-order valence-corrected chi connectivity index (χ2v) is 6.21. The first kappa shape index (κ1) is 11.7. The second-order valence-electron chi connectivity index (χ2n) is 6.21. The molecule has 2 rings (SSSR count). The zero-order valence-corrected chi connectivity index (χ0v) is 10.5. The summed E-state index contributed by atoms with van der Waals surface area (Å²) in [7, 11) is 0. The maximum absolute atomic E-state index is 10.7. The minimum absolute atomic E-state index is 0.281. The monoisotopic (exact) mass is 218 g/mol. The van der Waals surface area contributed by atoms with Gasteiger partial charge in [-0.05, 0) is 29.7 Å². The lowest BCUT2D eigenvalue weighted by Gasteiger charge is -2.28. The van der Waals surface area contributed by atoms with Crippen LogP contribution in [0.3, 0.4) is 0 Å². The molecule has 1 N–H and O–H groups in total. The summed E-state index contributed by atoms with van der Waals surface area (Å²) in [6.45, 7) is 6.69. The molecule has 88 valence electrons. The summed E-state index contributed by atoms with van der Waals surface area (Å²) in [6.07, 6.45) is 2.82. The van der Waals surface area contributed by atoms with Crippen molar-refractivity contribution in [1.82, 2.24) is 0 Å². The van der Waals surface area contributed by atoms with Gasteiger partial charge in [0.2, 0.25) is 0 Å². The van der Waals surface area contributed by atoms with Crippen LogP contribution in [0.1, 0.15) is 39.2 Å². The van der Waals surface area contributed by atoms with E-state index in [0.717, 1.165) is 19.3 Å². The third-order valence-corrected chi connectivity index (χ3v) is 3.91. The number of benzene rings is 1. The van der Waals surface area contributed by atoms with Crippen LogP contribution in [0, 0.1) is 11.3 Å². The van der Waals surface area contributed by atoms with E-state index in [0.29, 0.717) is 5.92 Å². The van der Waals surface area contributed by atoms with Crippen molar-refractivity contribution in [2.45, 2.75) is 45.6 Å². The molecule has 2 atom stereocenters. The van der Waals surface area contributed by atoms with Crippen LogP contribution >= 0.6 is 0 Å². The Morgan fingerprint density at radius 3 is 2.38 bits per heavy atom. The predicted molar refractivity (Wildman–Crippen MR) is 67.3 cm³/mol. The van der Waals surface area contributed by atoms with E-state index in [1.807, 2.05) is 18.2 Å². The van der Waals surface area contributed by atoms with Crippen molar-refractivity contribution in [2.24, 2.45) is 11.3 Å². The van der Waals surface area contributed by atoms with Crippen LogP contribution in [0.2, 0.25) is 0 Å². The van der Waals surface area contributed by atoms with E-state index in [4.69, 9.17) is 0 Å². The lowest BCUT2D eigenvalue weighted by molar-refractivity contribution is 0.00446. The number of rotatable bonds is 2. The number of hydrogen-bond donors (Lipinski definition) is 1. The zero-order valence-electron chi connectivity index (χ0n) is 10.5. The highest BCUT2D eigenvalue weighted by atomic mass is 16.3. The van der Waals surface area contributed by atoms with E-state index in [1.165, 1.54) is 5.56 Å². The lowest BCUT2D eigenvalue weighted by Crippen LogP contribution is -2.34. The Kier molecular flexibility index (Phi) is 2.83. The standard InChI is InChI=1S/C15H22O/c1-12-9-14(2,3)11-15(12,16)10-13-7-5-4-6-8-13/h4-8,12,16H,9-11H2,1-3H3. The Morgan fingerprint density at radius 2 is 1.88 bits per heavy atom. The van der Waals surface area contributed by atoms with Gasteiger partial charge in [0.05, 0.1) is 5.60 Å². The molecule has 0 radical (unpaired) electrons. The zero-order chi connectivity index (χ0) is 11.8. The first-order valence-electron chi connectivity index (χ1n) is 6.18. The quantitative estimate of drug-likeness (QED) is 0.806. The molecule has 1 aromatic carbocycles. The van der Waals surface area contributed by atoms with Crippen molar-refractivity contribution in [2.75, 3.05) is 0 Å². The molecule has 1 heteroatoms. The van der Waals surface area contributed by atoms with Crippen LogP contribution in [0.15, 0.2) is 30.3 Å². The normalized spacial score (nSPS) is 32.9. The molecule has 16 heavy (non-hydrogen) atoms. The van der Waals surface area contributed by atoms with Crippen molar-refractivity contribution in [3.63, 3.8) is 0 Å². The minimum Gasteiger partial charge on any atom is -0.389 e. The molecule has 2 unspecified atom stereocenters. The molecule has 1 nitrogen and oxygen atoms in total. The van der Waals surface area contributed by atoms with Gasteiger partial charge in [-0.25, -0.2) is 0 Å². The Labute approximate surface area is 98.5 Å². The molecule has 1 aliphatic rings. The van der Waals surface area contributed by atoms with Gasteiger partial charge in [-0.2, -0.15) is 0 Å². The van der Waals surface area contributed by atoms with Gasteiger partial charge in [-0.3, -0.25) is 0 Å². The van der Waals surface area contributed by atoms with E-state index in [-0.39, 0.29) is 5.41 Å². The van der Waals surface area contributed by atoms with E-state index >= 15 is 0 Å². The molecule has 0 heterocycles. The van der Waals surface area contributed by atoms with Gasteiger partial charge in [-0.15, -0.1) is 0 Å². The van der Waals surface area contributed by atoms with Gasteiger partial charge in [-0.1, -0.05) is 51.1 Å². The maximum Gasteiger partial charge on any atom is 0.0718 e. The highest BCUT2D eigenvalue weighted by Gasteiger charge is 2.47. The fourth-order valence-corrected chi connectivity index (χ4v) is 3.28. The first-order chi connectivity index (χ1) is 7.41. The molecule has 0 bridgehead atoms. The van der Waals surface area contributed by atoms with Crippen molar-refractivity contribution in [3.8, 4) is 0 Å². The highest BCUT2D eigenvalue weighted by Crippen LogP contribution is 2.48. The summed E-state index contributed by atoms with van der Waals surface area (Å²) in [5.41, 5.74) is 1.02. The summed E-state index contributed by atoms with van der Waals surface area (Å²) in [6, 6.07) is 10.3. The SMILES string of the molecule is CC1CC(C)(C)CC1(O)Cc1ccccc1. The number of hydrogen-bond acceptors (Lipinski definition) is 1. The molecule has 0 aromatic heterocycles. The molecule has 1 fully saturated rings. The van der Waals surface area contributed by atoms with Crippen LogP contribution in [0.25, 0.3) is 0 Å². The van der Waals surface area contributed by atoms with Crippen LogP contribution in [-0.4, -0.2) is 10.7 Å². The van der Waals surface area contributed by atoms with Gasteiger partial charge in [0, 0.05) is 6.42 Å². The van der Waals surface area contributed by atoms with Crippen molar-refractivity contribution in [1.29, 1.82) is 0 Å². The van der Waals surface area contributed by atoms with E-state index < -0.39 is 5.60 Å². The van der Waals surface area contributed by atoms with Gasteiger partial charge in [0.25, 0.3) is 0 Å². The predicted octanol–water partition coefficient (Wildman–Crippen LogP) is 3.42. The number of aliphatic hydroxyl groups is 1.